The van der Waals surface area contributed by atoms with E-state index in [0.29, 0.717) is 19.1 Å². The molecule has 0 saturated carbocycles. The van der Waals surface area contributed by atoms with E-state index < -0.39 is 0 Å². The van der Waals surface area contributed by atoms with Crippen molar-refractivity contribution in [1.29, 1.82) is 0 Å². The van der Waals surface area contributed by atoms with Crippen LogP contribution in [0.4, 0.5) is 0 Å². The third-order valence-corrected chi connectivity index (χ3v) is 4.69. The largest absolute Gasteiger partial charge is 0.329 e. The van der Waals surface area contributed by atoms with Gasteiger partial charge in [-0.15, -0.1) is 0 Å². The predicted octanol–water partition coefficient (Wildman–Crippen LogP) is 1.96. The number of nitrogens with two attached hydrogens (primary N) is 1. The number of carbonyl (C=O) groups excluding carboxylic acids is 1. The molecule has 0 radical (unpaired) electrons. The number of likely N-dealkylation sites (tertiary alicyclic amines) is 1. The van der Waals surface area contributed by atoms with E-state index in [1.165, 1.54) is 18.5 Å². The maximum atomic E-state index is 12.6. The smallest absolute Gasteiger partial charge is 0.240 e. The van der Waals surface area contributed by atoms with Gasteiger partial charge in [-0.05, 0) is 51.5 Å². The maximum Gasteiger partial charge on any atom is 0.240 e. The SMILES string of the molecule is CCN(C(=O)CN1CCC(C)CC1CN)C1=CCCC1. The first-order valence-electron chi connectivity index (χ1n) is 8.09. The minimum absolute atomic E-state index is 0.244. The van der Waals surface area contributed by atoms with E-state index in [4.69, 9.17) is 5.73 Å². The molecule has 1 aliphatic heterocycles. The fourth-order valence-electron chi connectivity index (χ4n) is 3.45. The summed E-state index contributed by atoms with van der Waals surface area (Å²) in [4.78, 5) is 16.8. The molecule has 114 valence electrons. The van der Waals surface area contributed by atoms with Gasteiger partial charge in [-0.3, -0.25) is 9.69 Å². The van der Waals surface area contributed by atoms with Gasteiger partial charge in [-0.2, -0.15) is 0 Å². The van der Waals surface area contributed by atoms with E-state index >= 15 is 0 Å². The van der Waals surface area contributed by atoms with Crippen LogP contribution in [0, 0.1) is 5.92 Å². The third-order valence-electron chi connectivity index (χ3n) is 4.69. The molecule has 1 aliphatic carbocycles. The van der Waals surface area contributed by atoms with Gasteiger partial charge in [0.05, 0.1) is 6.54 Å². The molecule has 2 N–H and O–H groups in total. The summed E-state index contributed by atoms with van der Waals surface area (Å²) in [7, 11) is 0. The van der Waals surface area contributed by atoms with Crippen molar-refractivity contribution >= 4 is 5.91 Å². The van der Waals surface area contributed by atoms with Crippen LogP contribution in [-0.4, -0.2) is 47.9 Å². The Bertz CT molecular complexity index is 367. The standard InChI is InChI=1S/C16H29N3O/c1-3-19(14-6-4-5-7-14)16(20)12-18-9-8-13(2)10-15(18)11-17/h6,13,15H,3-5,7-12,17H2,1-2H3. The second kappa shape index (κ2) is 7.23. The molecule has 0 spiro atoms. The first-order chi connectivity index (χ1) is 9.65. The first-order valence-corrected chi connectivity index (χ1v) is 8.09. The molecule has 2 aliphatic rings. The van der Waals surface area contributed by atoms with Crippen molar-refractivity contribution in [2.75, 3.05) is 26.2 Å². The lowest BCUT2D eigenvalue weighted by molar-refractivity contribution is -0.131. The fraction of sp³-hybridized carbons (Fsp3) is 0.812. The Morgan fingerprint density at radius 1 is 1.55 bits per heavy atom. The zero-order chi connectivity index (χ0) is 14.5. The molecular weight excluding hydrogens is 250 g/mol. The molecule has 0 bridgehead atoms. The Balaban J connectivity index is 1.95. The van der Waals surface area contributed by atoms with Gasteiger partial charge in [0.2, 0.25) is 5.91 Å². The Morgan fingerprint density at radius 3 is 2.95 bits per heavy atom. The van der Waals surface area contributed by atoms with Gasteiger partial charge in [-0.25, -0.2) is 0 Å². The number of carbonyl (C=O) groups is 1. The molecule has 0 aromatic heterocycles. The lowest BCUT2D eigenvalue weighted by Gasteiger charge is -2.38. The van der Waals surface area contributed by atoms with E-state index in [9.17, 15) is 4.79 Å². The van der Waals surface area contributed by atoms with Gasteiger partial charge in [0.15, 0.2) is 0 Å². The second-order valence-corrected chi connectivity index (χ2v) is 6.22. The topological polar surface area (TPSA) is 49.6 Å². The van der Waals surface area contributed by atoms with Gasteiger partial charge in [-0.1, -0.05) is 13.0 Å². The first kappa shape index (κ1) is 15.5. The van der Waals surface area contributed by atoms with Crippen LogP contribution < -0.4 is 5.73 Å². The number of hydrogen-bond acceptors (Lipinski definition) is 3. The highest BCUT2D eigenvalue weighted by Gasteiger charge is 2.28. The van der Waals surface area contributed by atoms with Gasteiger partial charge < -0.3 is 10.6 Å². The fourth-order valence-corrected chi connectivity index (χ4v) is 3.45. The molecule has 2 atom stereocenters. The van der Waals surface area contributed by atoms with E-state index in [-0.39, 0.29) is 5.91 Å². The Hall–Kier alpha value is -0.870. The van der Waals surface area contributed by atoms with Crippen molar-refractivity contribution in [2.45, 2.75) is 52.0 Å². The molecule has 2 unspecified atom stereocenters. The molecule has 1 amide bonds. The highest BCUT2D eigenvalue weighted by Crippen LogP contribution is 2.24. The molecule has 1 fully saturated rings. The summed E-state index contributed by atoms with van der Waals surface area (Å²) in [5, 5.41) is 0. The van der Waals surface area contributed by atoms with Gasteiger partial charge in [0.1, 0.15) is 0 Å². The minimum Gasteiger partial charge on any atom is -0.329 e. The van der Waals surface area contributed by atoms with E-state index in [1.807, 2.05) is 4.90 Å². The number of amides is 1. The molecular formula is C16H29N3O. The second-order valence-electron chi connectivity index (χ2n) is 6.22. The van der Waals surface area contributed by atoms with Crippen LogP contribution >= 0.6 is 0 Å². The quantitative estimate of drug-likeness (QED) is 0.837. The van der Waals surface area contributed by atoms with Crippen molar-refractivity contribution in [2.24, 2.45) is 11.7 Å². The average Bonchev–Trinajstić information content (AvgIpc) is 2.95. The molecule has 1 saturated heterocycles. The van der Waals surface area contributed by atoms with Crippen LogP contribution in [0.25, 0.3) is 0 Å². The molecule has 2 rings (SSSR count). The minimum atomic E-state index is 0.244. The Morgan fingerprint density at radius 2 is 2.35 bits per heavy atom. The van der Waals surface area contributed by atoms with Crippen LogP contribution in [0.2, 0.25) is 0 Å². The maximum absolute atomic E-state index is 12.6. The summed E-state index contributed by atoms with van der Waals surface area (Å²) < 4.78 is 0. The highest BCUT2D eigenvalue weighted by molar-refractivity contribution is 5.80. The molecule has 4 nitrogen and oxygen atoms in total. The summed E-state index contributed by atoms with van der Waals surface area (Å²) >= 11 is 0. The van der Waals surface area contributed by atoms with E-state index in [0.717, 1.165) is 38.3 Å². The summed E-state index contributed by atoms with van der Waals surface area (Å²) in [6, 6.07) is 0.374. The van der Waals surface area contributed by atoms with Crippen LogP contribution in [0.1, 0.15) is 46.0 Å². The molecule has 20 heavy (non-hydrogen) atoms. The summed E-state index contributed by atoms with van der Waals surface area (Å²) in [5.41, 5.74) is 7.11. The molecule has 4 heteroatoms. The van der Waals surface area contributed by atoms with Gasteiger partial charge in [0.25, 0.3) is 0 Å². The van der Waals surface area contributed by atoms with Gasteiger partial charge in [0, 0.05) is 24.8 Å². The lowest BCUT2D eigenvalue weighted by Crippen LogP contribution is -2.50. The normalized spacial score (nSPS) is 27.4. The number of nitrogens with zero attached hydrogens (tertiary/aromatic N) is 2. The van der Waals surface area contributed by atoms with Crippen molar-refractivity contribution < 1.29 is 4.79 Å². The molecule has 0 aromatic carbocycles. The van der Waals surface area contributed by atoms with E-state index in [1.54, 1.807) is 0 Å². The number of piperidine rings is 1. The number of likely N-dealkylation sites (N-methyl/N-ethyl adjacent to an activating group) is 1. The number of allylic oxidation sites excluding steroid dienone is 2. The van der Waals surface area contributed by atoms with Crippen molar-refractivity contribution in [3.63, 3.8) is 0 Å². The summed E-state index contributed by atoms with van der Waals surface area (Å²) in [6.45, 7) is 7.32. The van der Waals surface area contributed by atoms with Crippen molar-refractivity contribution in [3.8, 4) is 0 Å². The average molecular weight is 279 g/mol. The van der Waals surface area contributed by atoms with Crippen molar-refractivity contribution in [3.05, 3.63) is 11.8 Å². The monoisotopic (exact) mass is 279 g/mol. The third kappa shape index (κ3) is 3.61. The molecule has 0 aromatic rings. The van der Waals surface area contributed by atoms with Crippen LogP contribution in [0.3, 0.4) is 0 Å². The zero-order valence-corrected chi connectivity index (χ0v) is 13.0. The Labute approximate surface area is 123 Å². The highest BCUT2D eigenvalue weighted by atomic mass is 16.2. The van der Waals surface area contributed by atoms with Gasteiger partial charge >= 0.3 is 0 Å². The van der Waals surface area contributed by atoms with Crippen LogP contribution in [-0.2, 0) is 4.79 Å². The van der Waals surface area contributed by atoms with E-state index in [2.05, 4.69) is 24.8 Å². The van der Waals surface area contributed by atoms with Crippen LogP contribution in [0.15, 0.2) is 11.8 Å². The number of rotatable bonds is 5. The number of hydrogen-bond donors (Lipinski definition) is 1. The predicted molar refractivity (Wildman–Crippen MR) is 82.1 cm³/mol. The molecule has 1 heterocycles. The lowest BCUT2D eigenvalue weighted by atomic mass is 9.92. The Kier molecular flexibility index (Phi) is 5.61. The summed E-state index contributed by atoms with van der Waals surface area (Å²) in [6.07, 6.45) is 7.88. The van der Waals surface area contributed by atoms with Crippen molar-refractivity contribution in [1.82, 2.24) is 9.80 Å². The van der Waals surface area contributed by atoms with Crippen LogP contribution in [0.5, 0.6) is 0 Å². The summed E-state index contributed by atoms with van der Waals surface area (Å²) in [5.74, 6) is 0.975. The zero-order valence-electron chi connectivity index (χ0n) is 13.0.